The molecule has 3 aromatic rings. The number of aromatic nitrogens is 3. The minimum atomic E-state index is -3.66. The second-order valence-electron chi connectivity index (χ2n) is 7.63. The Morgan fingerprint density at radius 3 is 2.70 bits per heavy atom. The largest absolute Gasteiger partial charge is 0.355 e. The molecule has 0 radical (unpaired) electrons. The third-order valence-electron chi connectivity index (χ3n) is 5.35. The first-order valence-electron chi connectivity index (χ1n) is 10.6. The molecular weight excluding hydrogens is 482 g/mol. The Bertz CT molecular complexity index is 1190. The molecule has 1 atom stereocenters. The molecule has 174 valence electrons. The van der Waals surface area contributed by atoms with E-state index in [-0.39, 0.29) is 23.3 Å². The Hall–Kier alpha value is -2.40. The normalized spacial score (nSPS) is 17.1. The maximum atomic E-state index is 12.9. The number of hydrogen-bond acceptors (Lipinski definition) is 6. The van der Waals surface area contributed by atoms with E-state index in [1.807, 2.05) is 30.3 Å². The van der Waals surface area contributed by atoms with Crippen LogP contribution in [0.15, 0.2) is 64.6 Å². The zero-order valence-corrected chi connectivity index (χ0v) is 20.2. The fraction of sp³-hybridized carbons (Fsp3) is 0.318. The van der Waals surface area contributed by atoms with Gasteiger partial charge in [-0.2, -0.15) is 4.31 Å². The van der Waals surface area contributed by atoms with Crippen LogP contribution in [0.1, 0.15) is 12.8 Å². The Morgan fingerprint density at radius 2 is 1.94 bits per heavy atom. The summed E-state index contributed by atoms with van der Waals surface area (Å²) in [4.78, 5) is 17.3. The number of benzene rings is 2. The number of hydrogen-bond donors (Lipinski definition) is 2. The molecule has 1 amide bonds. The number of thioether (sulfide) groups is 1. The summed E-state index contributed by atoms with van der Waals surface area (Å²) in [5, 5.41) is 11.1. The van der Waals surface area contributed by atoms with Gasteiger partial charge in [0.1, 0.15) is 0 Å². The van der Waals surface area contributed by atoms with Crippen LogP contribution in [0.2, 0.25) is 5.02 Å². The average Bonchev–Trinajstić information content (AvgIpc) is 3.32. The summed E-state index contributed by atoms with van der Waals surface area (Å²) >= 11 is 7.31. The molecule has 11 heteroatoms. The summed E-state index contributed by atoms with van der Waals surface area (Å²) in [6.45, 7) is 1.02. The van der Waals surface area contributed by atoms with E-state index in [2.05, 4.69) is 20.5 Å². The SMILES string of the molecule is O=C(NCCSc1n[nH]c(-c2ccccc2)n1)[C@H]1CCCN(S(=O)(=O)c2ccc(Cl)cc2)C1. The van der Waals surface area contributed by atoms with Crippen LogP contribution in [0.3, 0.4) is 0 Å². The highest BCUT2D eigenvalue weighted by molar-refractivity contribution is 7.99. The predicted octanol–water partition coefficient (Wildman–Crippen LogP) is 3.43. The van der Waals surface area contributed by atoms with Gasteiger partial charge in [-0.15, -0.1) is 5.10 Å². The molecule has 0 spiro atoms. The lowest BCUT2D eigenvalue weighted by molar-refractivity contribution is -0.125. The van der Waals surface area contributed by atoms with Crippen molar-refractivity contribution in [2.24, 2.45) is 5.92 Å². The number of piperidine rings is 1. The van der Waals surface area contributed by atoms with E-state index in [4.69, 9.17) is 11.6 Å². The quantitative estimate of drug-likeness (QED) is 0.358. The smallest absolute Gasteiger partial charge is 0.243 e. The van der Waals surface area contributed by atoms with Crippen molar-refractivity contribution in [3.05, 3.63) is 59.6 Å². The van der Waals surface area contributed by atoms with Crippen molar-refractivity contribution in [2.45, 2.75) is 22.9 Å². The maximum absolute atomic E-state index is 12.9. The molecule has 33 heavy (non-hydrogen) atoms. The number of halogens is 1. The monoisotopic (exact) mass is 505 g/mol. The zero-order valence-electron chi connectivity index (χ0n) is 17.8. The molecule has 4 rings (SSSR count). The average molecular weight is 506 g/mol. The summed E-state index contributed by atoms with van der Waals surface area (Å²) in [6, 6.07) is 15.8. The van der Waals surface area contributed by atoms with Crippen LogP contribution >= 0.6 is 23.4 Å². The van der Waals surface area contributed by atoms with Gasteiger partial charge in [0, 0.05) is 36.0 Å². The van der Waals surface area contributed by atoms with Crippen molar-refractivity contribution in [2.75, 3.05) is 25.4 Å². The summed E-state index contributed by atoms with van der Waals surface area (Å²) in [6.07, 6.45) is 1.30. The van der Waals surface area contributed by atoms with E-state index in [1.54, 1.807) is 12.1 Å². The molecule has 0 unspecified atom stereocenters. The number of carbonyl (C=O) groups is 1. The van der Waals surface area contributed by atoms with Crippen LogP contribution in [-0.4, -0.2) is 59.2 Å². The number of nitrogens with one attached hydrogen (secondary N) is 2. The molecule has 1 saturated heterocycles. The van der Waals surface area contributed by atoms with E-state index in [0.717, 1.165) is 5.56 Å². The van der Waals surface area contributed by atoms with Crippen LogP contribution in [-0.2, 0) is 14.8 Å². The van der Waals surface area contributed by atoms with Gasteiger partial charge in [0.2, 0.25) is 21.1 Å². The van der Waals surface area contributed by atoms with E-state index in [0.29, 0.717) is 47.7 Å². The molecule has 1 aliphatic heterocycles. The Kier molecular flexibility index (Phi) is 7.69. The Labute approximate surface area is 202 Å². The number of nitrogens with zero attached hydrogens (tertiary/aromatic N) is 3. The van der Waals surface area contributed by atoms with Gasteiger partial charge >= 0.3 is 0 Å². The molecule has 8 nitrogen and oxygen atoms in total. The molecule has 1 aliphatic rings. The van der Waals surface area contributed by atoms with Gasteiger partial charge in [0.25, 0.3) is 0 Å². The second-order valence-corrected chi connectivity index (χ2v) is 11.1. The molecule has 2 aromatic carbocycles. The lowest BCUT2D eigenvalue weighted by Crippen LogP contribution is -2.45. The van der Waals surface area contributed by atoms with E-state index in [9.17, 15) is 13.2 Å². The first kappa shape index (κ1) is 23.7. The van der Waals surface area contributed by atoms with Crippen molar-refractivity contribution in [3.8, 4) is 11.4 Å². The van der Waals surface area contributed by atoms with Gasteiger partial charge in [-0.05, 0) is 37.1 Å². The van der Waals surface area contributed by atoms with Crippen molar-refractivity contribution < 1.29 is 13.2 Å². The minimum Gasteiger partial charge on any atom is -0.355 e. The van der Waals surface area contributed by atoms with E-state index < -0.39 is 10.0 Å². The molecular formula is C22H24ClN5O3S2. The van der Waals surface area contributed by atoms with Crippen molar-refractivity contribution in [1.29, 1.82) is 0 Å². The fourth-order valence-corrected chi connectivity index (χ4v) is 5.93. The van der Waals surface area contributed by atoms with E-state index in [1.165, 1.54) is 28.2 Å². The second kappa shape index (κ2) is 10.7. The molecule has 1 fully saturated rings. The highest BCUT2D eigenvalue weighted by Crippen LogP contribution is 2.25. The molecule has 0 bridgehead atoms. The number of amides is 1. The lowest BCUT2D eigenvalue weighted by atomic mass is 9.99. The summed E-state index contributed by atoms with van der Waals surface area (Å²) < 4.78 is 27.2. The van der Waals surface area contributed by atoms with Crippen molar-refractivity contribution in [3.63, 3.8) is 0 Å². The fourth-order valence-electron chi connectivity index (χ4n) is 3.63. The minimum absolute atomic E-state index is 0.133. The number of H-pyrrole nitrogens is 1. The number of carbonyl (C=O) groups excluding carboxylic acids is 1. The zero-order chi connectivity index (χ0) is 23.3. The highest BCUT2D eigenvalue weighted by Gasteiger charge is 2.33. The third-order valence-corrected chi connectivity index (χ3v) is 8.33. The van der Waals surface area contributed by atoms with Gasteiger partial charge < -0.3 is 5.32 Å². The molecule has 2 heterocycles. The molecule has 2 N–H and O–H groups in total. The van der Waals surface area contributed by atoms with Gasteiger partial charge in [-0.1, -0.05) is 53.7 Å². The van der Waals surface area contributed by atoms with Crippen LogP contribution in [0.5, 0.6) is 0 Å². The number of aromatic amines is 1. The Morgan fingerprint density at radius 1 is 1.18 bits per heavy atom. The van der Waals surface area contributed by atoms with Gasteiger partial charge in [-0.25, -0.2) is 13.4 Å². The van der Waals surface area contributed by atoms with Gasteiger partial charge in [-0.3, -0.25) is 9.89 Å². The predicted molar refractivity (Wildman–Crippen MR) is 128 cm³/mol. The third kappa shape index (κ3) is 5.94. The van der Waals surface area contributed by atoms with Crippen LogP contribution in [0.25, 0.3) is 11.4 Å². The van der Waals surface area contributed by atoms with Crippen molar-refractivity contribution >= 4 is 39.3 Å². The molecule has 1 aromatic heterocycles. The van der Waals surface area contributed by atoms with Crippen LogP contribution in [0.4, 0.5) is 0 Å². The summed E-state index contributed by atoms with van der Waals surface area (Å²) in [5.74, 6) is 0.800. The molecule has 0 aliphatic carbocycles. The van der Waals surface area contributed by atoms with Crippen molar-refractivity contribution in [1.82, 2.24) is 24.8 Å². The van der Waals surface area contributed by atoms with Crippen LogP contribution in [0, 0.1) is 5.92 Å². The lowest BCUT2D eigenvalue weighted by Gasteiger charge is -2.31. The standard InChI is InChI=1S/C22H24ClN5O3S2/c23-18-8-10-19(11-9-18)33(30,31)28-13-4-7-17(15-28)21(29)24-12-14-32-22-25-20(26-27-22)16-5-2-1-3-6-16/h1-3,5-6,8-11,17H,4,7,12-15H2,(H,24,29)(H,25,26,27)/t17-/m0/s1. The first-order chi connectivity index (χ1) is 15.9. The first-order valence-corrected chi connectivity index (χ1v) is 13.4. The summed E-state index contributed by atoms with van der Waals surface area (Å²) in [7, 11) is -3.66. The molecule has 0 saturated carbocycles. The maximum Gasteiger partial charge on any atom is 0.243 e. The number of rotatable bonds is 8. The number of sulfonamides is 1. The van der Waals surface area contributed by atoms with Gasteiger partial charge in [0.15, 0.2) is 5.82 Å². The summed E-state index contributed by atoms with van der Waals surface area (Å²) in [5.41, 5.74) is 0.959. The van der Waals surface area contributed by atoms with Crippen LogP contribution < -0.4 is 5.32 Å². The topological polar surface area (TPSA) is 108 Å². The Balaban J connectivity index is 1.26. The van der Waals surface area contributed by atoms with Gasteiger partial charge in [0.05, 0.1) is 10.8 Å². The van der Waals surface area contributed by atoms with E-state index >= 15 is 0 Å². The highest BCUT2D eigenvalue weighted by atomic mass is 35.5.